The van der Waals surface area contributed by atoms with Gasteiger partial charge in [-0.05, 0) is 56.3 Å². The average molecular weight is 391 g/mol. The van der Waals surface area contributed by atoms with Gasteiger partial charge in [-0.2, -0.15) is 0 Å². The quantitative estimate of drug-likeness (QED) is 0.586. The molecule has 0 amide bonds. The lowest BCUT2D eigenvalue weighted by atomic mass is 10.1. The van der Waals surface area contributed by atoms with Gasteiger partial charge in [0, 0.05) is 33.6 Å². The zero-order chi connectivity index (χ0) is 18.0. The molecule has 5 heteroatoms. The van der Waals surface area contributed by atoms with Crippen molar-refractivity contribution in [1.29, 1.82) is 0 Å². The lowest BCUT2D eigenvalue weighted by Gasteiger charge is -2.19. The highest BCUT2D eigenvalue weighted by Gasteiger charge is 2.12. The molecule has 0 saturated heterocycles. The molecule has 0 unspecified atom stereocenters. The fourth-order valence-corrected chi connectivity index (χ4v) is 4.50. The second-order valence-electron chi connectivity index (χ2n) is 6.52. The average Bonchev–Trinajstić information content (AvgIpc) is 2.60. The van der Waals surface area contributed by atoms with Crippen LogP contribution < -0.4 is 10.7 Å². The molecule has 0 bridgehead atoms. The zero-order valence-corrected chi connectivity index (χ0v) is 17.5. The summed E-state index contributed by atoms with van der Waals surface area (Å²) in [6.07, 6.45) is 0. The molecule has 0 saturated carbocycles. The number of nitrogens with zero attached hydrogens (tertiary/aromatic N) is 1. The molecule has 1 N–H and O–H groups in total. The number of fused-ring (bicyclic) bond motifs is 2. The van der Waals surface area contributed by atoms with Crippen molar-refractivity contribution in [2.24, 2.45) is 0 Å². The summed E-state index contributed by atoms with van der Waals surface area (Å²) in [5.74, 6) is 0. The molecule has 0 fully saturated rings. The number of nitrogens with one attached hydrogen (secondary N) is 1. The Kier molecular flexibility index (Phi) is 7.04. The molecule has 1 aromatic heterocycles. The molecule has 0 spiro atoms. The van der Waals surface area contributed by atoms with Crippen molar-refractivity contribution in [3.63, 3.8) is 0 Å². The highest BCUT2D eigenvalue weighted by molar-refractivity contribution is 7.24. The van der Waals surface area contributed by atoms with Crippen LogP contribution >= 0.6 is 23.7 Å². The Morgan fingerprint density at radius 3 is 2.50 bits per heavy atom. The second kappa shape index (κ2) is 8.85. The number of hydrogen-bond donors (Lipinski definition) is 1. The largest absolute Gasteiger partial charge is 0.383 e. The first kappa shape index (κ1) is 20.7. The fourth-order valence-electron chi connectivity index (χ4n) is 3.23. The standard InChI is InChI=1S/C21H26N2OS.ClH/c1-5-23(6-2)12-11-22-17-10-8-15(4)21-19(17)20(24)16-9-7-14(3)13-18(16)25-21;/h7-10,13,22H,5-6,11-12H2,1-4H3;1H. The van der Waals surface area contributed by atoms with Gasteiger partial charge in [0.1, 0.15) is 0 Å². The predicted octanol–water partition coefficient (Wildman–Crippen LogP) is 5.21. The van der Waals surface area contributed by atoms with Crippen molar-refractivity contribution < 1.29 is 0 Å². The summed E-state index contributed by atoms with van der Waals surface area (Å²) in [6.45, 7) is 12.4. The maximum absolute atomic E-state index is 13.1. The topological polar surface area (TPSA) is 32.3 Å². The fraction of sp³-hybridized carbons (Fsp3) is 0.381. The molecule has 0 radical (unpaired) electrons. The summed E-state index contributed by atoms with van der Waals surface area (Å²) in [7, 11) is 0. The first-order valence-corrected chi connectivity index (χ1v) is 9.79. The summed E-state index contributed by atoms with van der Waals surface area (Å²) in [4.78, 5) is 15.5. The van der Waals surface area contributed by atoms with Crippen molar-refractivity contribution in [2.45, 2.75) is 27.7 Å². The molecule has 0 atom stereocenters. The van der Waals surface area contributed by atoms with E-state index in [4.69, 9.17) is 0 Å². The summed E-state index contributed by atoms with van der Waals surface area (Å²) >= 11 is 1.72. The number of likely N-dealkylation sites (N-methyl/N-ethyl adjacent to an activating group) is 1. The van der Waals surface area contributed by atoms with Gasteiger partial charge in [0.25, 0.3) is 0 Å². The molecular formula is C21H27ClN2OS. The lowest BCUT2D eigenvalue weighted by molar-refractivity contribution is 0.316. The van der Waals surface area contributed by atoms with Crippen molar-refractivity contribution in [2.75, 3.05) is 31.5 Å². The van der Waals surface area contributed by atoms with Crippen LogP contribution in [0, 0.1) is 13.8 Å². The summed E-state index contributed by atoms with van der Waals surface area (Å²) in [5.41, 5.74) is 3.44. The van der Waals surface area contributed by atoms with Crippen LogP contribution in [0.15, 0.2) is 35.1 Å². The van der Waals surface area contributed by atoms with Gasteiger partial charge < -0.3 is 10.2 Å². The minimum Gasteiger partial charge on any atom is -0.383 e. The maximum atomic E-state index is 13.1. The predicted molar refractivity (Wildman–Crippen MR) is 119 cm³/mol. The van der Waals surface area contributed by atoms with Gasteiger partial charge in [-0.3, -0.25) is 4.79 Å². The second-order valence-corrected chi connectivity index (χ2v) is 7.57. The molecule has 0 aliphatic rings. The minimum atomic E-state index is 0. The van der Waals surface area contributed by atoms with E-state index in [1.165, 1.54) is 5.56 Å². The van der Waals surface area contributed by atoms with Gasteiger partial charge >= 0.3 is 0 Å². The molecule has 0 aliphatic carbocycles. The highest BCUT2D eigenvalue weighted by atomic mass is 35.5. The highest BCUT2D eigenvalue weighted by Crippen LogP contribution is 2.32. The van der Waals surface area contributed by atoms with Crippen LogP contribution in [0.3, 0.4) is 0 Å². The minimum absolute atomic E-state index is 0. The van der Waals surface area contributed by atoms with E-state index in [9.17, 15) is 4.79 Å². The number of hydrogen-bond acceptors (Lipinski definition) is 4. The summed E-state index contributed by atoms with van der Waals surface area (Å²) < 4.78 is 2.16. The van der Waals surface area contributed by atoms with Gasteiger partial charge in [-0.15, -0.1) is 23.7 Å². The van der Waals surface area contributed by atoms with Gasteiger partial charge in [0.05, 0.1) is 5.39 Å². The van der Waals surface area contributed by atoms with Gasteiger partial charge in [-0.25, -0.2) is 0 Å². The molecule has 3 nitrogen and oxygen atoms in total. The van der Waals surface area contributed by atoms with Crippen LogP contribution in [0.25, 0.3) is 20.2 Å². The summed E-state index contributed by atoms with van der Waals surface area (Å²) in [5, 5.41) is 5.15. The number of anilines is 1. The van der Waals surface area contributed by atoms with Gasteiger partial charge in [0.2, 0.25) is 0 Å². The third kappa shape index (κ3) is 4.03. The molecule has 0 aliphatic heterocycles. The van der Waals surface area contributed by atoms with Crippen molar-refractivity contribution >= 4 is 49.6 Å². The van der Waals surface area contributed by atoms with E-state index in [0.29, 0.717) is 0 Å². The molecule has 1 heterocycles. The van der Waals surface area contributed by atoms with Gasteiger partial charge in [0.15, 0.2) is 5.43 Å². The molecule has 26 heavy (non-hydrogen) atoms. The van der Waals surface area contributed by atoms with Crippen LogP contribution in [-0.2, 0) is 0 Å². The van der Waals surface area contributed by atoms with E-state index in [1.807, 2.05) is 18.2 Å². The Bertz CT molecular complexity index is 964. The molecular weight excluding hydrogens is 364 g/mol. The van der Waals surface area contributed by atoms with Gasteiger partial charge in [-0.1, -0.05) is 26.0 Å². The zero-order valence-electron chi connectivity index (χ0n) is 15.9. The van der Waals surface area contributed by atoms with Crippen LogP contribution in [0.5, 0.6) is 0 Å². The Labute approximate surface area is 165 Å². The first-order valence-electron chi connectivity index (χ1n) is 8.98. The third-order valence-electron chi connectivity index (χ3n) is 4.81. The first-order chi connectivity index (χ1) is 12.0. The Hall–Kier alpha value is -1.62. The van der Waals surface area contributed by atoms with Crippen LogP contribution in [0.4, 0.5) is 5.69 Å². The Morgan fingerprint density at radius 2 is 1.81 bits per heavy atom. The van der Waals surface area contributed by atoms with Crippen molar-refractivity contribution in [3.05, 3.63) is 51.7 Å². The monoisotopic (exact) mass is 390 g/mol. The van der Waals surface area contributed by atoms with Crippen LogP contribution in [0.2, 0.25) is 0 Å². The van der Waals surface area contributed by atoms with E-state index < -0.39 is 0 Å². The van der Waals surface area contributed by atoms with E-state index in [2.05, 4.69) is 50.0 Å². The number of rotatable bonds is 6. The van der Waals surface area contributed by atoms with E-state index >= 15 is 0 Å². The van der Waals surface area contributed by atoms with Crippen LogP contribution in [0.1, 0.15) is 25.0 Å². The van der Waals surface area contributed by atoms with Crippen LogP contribution in [-0.4, -0.2) is 31.1 Å². The molecule has 3 aromatic rings. The van der Waals surface area contributed by atoms with E-state index in [-0.39, 0.29) is 17.8 Å². The number of benzene rings is 2. The normalized spacial score (nSPS) is 11.1. The third-order valence-corrected chi connectivity index (χ3v) is 6.10. The smallest absolute Gasteiger partial charge is 0.197 e. The van der Waals surface area contributed by atoms with Crippen molar-refractivity contribution in [3.8, 4) is 0 Å². The Morgan fingerprint density at radius 1 is 1.08 bits per heavy atom. The maximum Gasteiger partial charge on any atom is 0.197 e. The van der Waals surface area contributed by atoms with E-state index in [1.54, 1.807) is 11.3 Å². The Balaban J connectivity index is 0.00000243. The molecule has 140 valence electrons. The SMILES string of the molecule is CCN(CC)CCNc1ccc(C)c2sc3cc(C)ccc3c(=O)c12.Cl. The molecule has 3 rings (SSSR count). The number of aryl methyl sites for hydroxylation is 2. The lowest BCUT2D eigenvalue weighted by Crippen LogP contribution is -2.28. The molecule has 2 aromatic carbocycles. The summed E-state index contributed by atoms with van der Waals surface area (Å²) in [6, 6.07) is 10.3. The number of halogens is 1. The van der Waals surface area contributed by atoms with Crippen molar-refractivity contribution in [1.82, 2.24) is 4.90 Å². The van der Waals surface area contributed by atoms with E-state index in [0.717, 1.165) is 57.6 Å².